The van der Waals surface area contributed by atoms with E-state index in [-0.39, 0.29) is 17.9 Å². The molecule has 10 heteroatoms. The molecular formula is C26H30N2O8. The third kappa shape index (κ3) is 3.52. The second-order valence-electron chi connectivity index (χ2n) is 9.89. The Morgan fingerprint density at radius 2 is 1.97 bits per heavy atom. The summed E-state index contributed by atoms with van der Waals surface area (Å²) in [6.45, 7) is 4.01. The number of amides is 1. The summed E-state index contributed by atoms with van der Waals surface area (Å²) in [6.07, 6.45) is -3.53. The van der Waals surface area contributed by atoms with Crippen LogP contribution in [0.4, 0.5) is 0 Å². The van der Waals surface area contributed by atoms with Crippen LogP contribution in [0, 0.1) is 11.8 Å². The number of rotatable bonds is 4. The molecule has 0 aliphatic carbocycles. The number of benzene rings is 1. The van der Waals surface area contributed by atoms with Crippen molar-refractivity contribution in [1.82, 2.24) is 9.88 Å². The lowest BCUT2D eigenvalue weighted by atomic mass is 9.74. The molecule has 9 atom stereocenters. The van der Waals surface area contributed by atoms with Gasteiger partial charge in [-0.1, -0.05) is 24.3 Å². The number of aromatic nitrogens is 1. The third-order valence-corrected chi connectivity index (χ3v) is 8.04. The molecule has 36 heavy (non-hydrogen) atoms. The topological polar surface area (TPSA) is 145 Å². The Kier molecular flexibility index (Phi) is 5.90. The molecule has 4 aliphatic rings. The minimum Gasteiger partial charge on any atom is -0.471 e. The fourth-order valence-corrected chi connectivity index (χ4v) is 6.13. The van der Waals surface area contributed by atoms with Gasteiger partial charge in [-0.2, -0.15) is 0 Å². The number of nitrogens with one attached hydrogen (secondary N) is 1. The van der Waals surface area contributed by atoms with Crippen molar-refractivity contribution < 1.29 is 39.4 Å². The summed E-state index contributed by atoms with van der Waals surface area (Å²) in [6, 6.07) is 8.01. The normalized spacial score (nSPS) is 38.0. The number of nitrogens with zero attached hydrogens (tertiary/aromatic N) is 1. The molecule has 0 spiro atoms. The molecule has 2 fully saturated rings. The van der Waals surface area contributed by atoms with E-state index in [4.69, 9.17) is 14.2 Å². The van der Waals surface area contributed by atoms with Gasteiger partial charge in [0.25, 0.3) is 5.91 Å². The molecule has 0 saturated carbocycles. The van der Waals surface area contributed by atoms with Crippen LogP contribution in [0.2, 0.25) is 0 Å². The lowest BCUT2D eigenvalue weighted by Gasteiger charge is -2.48. The highest BCUT2D eigenvalue weighted by Gasteiger charge is 2.51. The van der Waals surface area contributed by atoms with Crippen LogP contribution in [0.3, 0.4) is 0 Å². The molecule has 1 aromatic carbocycles. The first kappa shape index (κ1) is 23.7. The van der Waals surface area contributed by atoms with Gasteiger partial charge >= 0.3 is 0 Å². The van der Waals surface area contributed by atoms with Gasteiger partial charge in [0.15, 0.2) is 6.29 Å². The van der Waals surface area contributed by atoms with E-state index < -0.39 is 49.5 Å². The van der Waals surface area contributed by atoms with E-state index in [2.05, 4.69) is 17.6 Å². The second kappa shape index (κ2) is 8.98. The lowest BCUT2D eigenvalue weighted by molar-refractivity contribution is -0.339. The maximum Gasteiger partial charge on any atom is 0.253 e. The molecule has 1 aromatic heterocycles. The van der Waals surface area contributed by atoms with Gasteiger partial charge in [0, 0.05) is 35.0 Å². The molecule has 6 unspecified atom stereocenters. The van der Waals surface area contributed by atoms with E-state index in [0.717, 1.165) is 17.6 Å². The summed E-state index contributed by atoms with van der Waals surface area (Å²) in [5.41, 5.74) is 3.89. The van der Waals surface area contributed by atoms with Gasteiger partial charge in [0.05, 0.1) is 24.5 Å². The number of ether oxygens (including phenoxy) is 3. The zero-order chi connectivity index (χ0) is 25.1. The van der Waals surface area contributed by atoms with Crippen molar-refractivity contribution in [2.75, 3.05) is 13.2 Å². The van der Waals surface area contributed by atoms with E-state index in [0.29, 0.717) is 18.5 Å². The van der Waals surface area contributed by atoms with E-state index in [1.165, 1.54) is 17.2 Å². The number of carbonyl (C=O) groups is 1. The second-order valence-corrected chi connectivity index (χ2v) is 9.89. The summed E-state index contributed by atoms with van der Waals surface area (Å²) in [7, 11) is 0. The molecule has 0 bridgehead atoms. The lowest BCUT2D eigenvalue weighted by Crippen LogP contribution is -2.60. The summed E-state index contributed by atoms with van der Waals surface area (Å²) < 4.78 is 17.2. The van der Waals surface area contributed by atoms with Gasteiger partial charge < -0.3 is 44.5 Å². The number of aliphatic hydroxyl groups excluding tert-OH is 4. The van der Waals surface area contributed by atoms with Crippen LogP contribution in [-0.4, -0.2) is 86.4 Å². The number of carbonyl (C=O) groups excluding carboxylic acids is 1. The van der Waals surface area contributed by atoms with Gasteiger partial charge in [-0.05, 0) is 24.5 Å². The zero-order valence-electron chi connectivity index (χ0n) is 19.6. The molecule has 4 aliphatic heterocycles. The van der Waals surface area contributed by atoms with Crippen LogP contribution >= 0.6 is 0 Å². The number of H-pyrrole nitrogens is 1. The molecule has 0 radical (unpaired) electrons. The number of aliphatic hydroxyl groups is 4. The molecule has 5 heterocycles. The first-order valence-electron chi connectivity index (χ1n) is 12.3. The Balaban J connectivity index is 1.28. The fraction of sp³-hybridized carbons (Fsp3) is 0.500. The highest BCUT2D eigenvalue weighted by Crippen LogP contribution is 2.48. The number of piperidine rings is 1. The summed E-state index contributed by atoms with van der Waals surface area (Å²) in [5.74, 6) is -0.783. The van der Waals surface area contributed by atoms with Crippen LogP contribution in [0.15, 0.2) is 48.8 Å². The van der Waals surface area contributed by atoms with Gasteiger partial charge in [-0.25, -0.2) is 0 Å². The van der Waals surface area contributed by atoms with Crippen molar-refractivity contribution in [3.63, 3.8) is 0 Å². The number of hydrogen-bond donors (Lipinski definition) is 5. The third-order valence-electron chi connectivity index (χ3n) is 8.04. The zero-order valence-corrected chi connectivity index (χ0v) is 19.6. The number of fused-ring (bicyclic) bond motifs is 6. The van der Waals surface area contributed by atoms with E-state index >= 15 is 0 Å². The first-order chi connectivity index (χ1) is 17.4. The molecule has 10 nitrogen and oxygen atoms in total. The maximum absolute atomic E-state index is 13.5. The van der Waals surface area contributed by atoms with Crippen molar-refractivity contribution in [1.29, 1.82) is 0 Å². The van der Waals surface area contributed by atoms with E-state index in [9.17, 15) is 25.2 Å². The molecular weight excluding hydrogens is 468 g/mol. The Bertz CT molecular complexity index is 1210. The van der Waals surface area contributed by atoms with Crippen molar-refractivity contribution in [3.8, 4) is 0 Å². The number of hydrogen-bond acceptors (Lipinski definition) is 8. The molecule has 1 amide bonds. The van der Waals surface area contributed by atoms with Gasteiger partial charge in [-0.15, -0.1) is 6.58 Å². The fourth-order valence-electron chi connectivity index (χ4n) is 6.13. The highest BCUT2D eigenvalue weighted by atomic mass is 16.8. The number of para-hydroxylation sites is 1. The molecule has 5 N–H and O–H groups in total. The Labute approximate surface area is 207 Å². The standard InChI is InChI=1S/C26H30N2O8/c1-2-12-15-9-18-20-14(13-5-3-4-6-17(13)27-20)7-8-28(18)24(33)16(15)11-34-25(12)36-26-23(32)22(31)21(30)19(10-29)35-26/h2-6,11-12,15,18-19,21-23,25-27,29-32H,1,7-10H2/t12?,15-,18-,19?,21?,22?,23?,25?,26-/m0/s1. The van der Waals surface area contributed by atoms with E-state index in [1.54, 1.807) is 6.08 Å². The molecule has 2 saturated heterocycles. The van der Waals surface area contributed by atoms with Crippen LogP contribution in [0.5, 0.6) is 0 Å². The van der Waals surface area contributed by atoms with Crippen molar-refractivity contribution in [3.05, 3.63) is 60.0 Å². The maximum atomic E-state index is 13.5. The monoisotopic (exact) mass is 498 g/mol. The highest BCUT2D eigenvalue weighted by molar-refractivity contribution is 5.96. The van der Waals surface area contributed by atoms with Gasteiger partial charge in [-0.3, -0.25) is 4.79 Å². The van der Waals surface area contributed by atoms with Crippen LogP contribution < -0.4 is 0 Å². The predicted molar refractivity (Wildman–Crippen MR) is 126 cm³/mol. The molecule has 6 rings (SSSR count). The minimum absolute atomic E-state index is 0.0845. The van der Waals surface area contributed by atoms with E-state index in [1.807, 2.05) is 23.1 Å². The number of aromatic amines is 1. The average Bonchev–Trinajstić information content (AvgIpc) is 3.28. The summed E-state index contributed by atoms with van der Waals surface area (Å²) >= 11 is 0. The van der Waals surface area contributed by atoms with Crippen LogP contribution in [0.25, 0.3) is 10.9 Å². The Morgan fingerprint density at radius 1 is 1.17 bits per heavy atom. The Morgan fingerprint density at radius 3 is 2.75 bits per heavy atom. The summed E-state index contributed by atoms with van der Waals surface area (Å²) in [4.78, 5) is 19.0. The summed E-state index contributed by atoms with van der Waals surface area (Å²) in [5, 5.41) is 41.3. The molecule has 192 valence electrons. The minimum atomic E-state index is -1.56. The largest absolute Gasteiger partial charge is 0.471 e. The van der Waals surface area contributed by atoms with Gasteiger partial charge in [0.2, 0.25) is 6.29 Å². The van der Waals surface area contributed by atoms with Gasteiger partial charge in [0.1, 0.15) is 24.4 Å². The van der Waals surface area contributed by atoms with Crippen molar-refractivity contribution in [2.45, 2.75) is 55.9 Å². The first-order valence-corrected chi connectivity index (χ1v) is 12.3. The predicted octanol–water partition coefficient (Wildman–Crippen LogP) is 0.473. The Hall–Kier alpha value is -2.73. The SMILES string of the molecule is C=CC1C(O[C@@H]2OC(CO)C(O)C(O)C2O)OC=C2C(=O)N3CCc4c([nH]c5ccccc45)[C@@H]3C[C@H]21. The molecule has 2 aromatic rings. The van der Waals surface area contributed by atoms with Crippen molar-refractivity contribution >= 4 is 16.8 Å². The average molecular weight is 499 g/mol. The smallest absolute Gasteiger partial charge is 0.253 e. The van der Waals surface area contributed by atoms with Crippen molar-refractivity contribution in [2.24, 2.45) is 11.8 Å². The quantitative estimate of drug-likeness (QED) is 0.383. The van der Waals surface area contributed by atoms with Crippen LogP contribution in [0.1, 0.15) is 23.7 Å². The van der Waals surface area contributed by atoms with Crippen LogP contribution in [-0.2, 0) is 25.4 Å².